The lowest BCUT2D eigenvalue weighted by Gasteiger charge is -2.34. The predicted molar refractivity (Wildman–Crippen MR) is 258 cm³/mol. The van der Waals surface area contributed by atoms with E-state index in [1.165, 1.54) is 33.7 Å². The van der Waals surface area contributed by atoms with Gasteiger partial charge in [-0.3, -0.25) is 28.6 Å². The number of aryl methyl sites for hydroxylation is 1. The van der Waals surface area contributed by atoms with Crippen LogP contribution in [0.4, 0.5) is 0 Å². The van der Waals surface area contributed by atoms with Crippen LogP contribution in [-0.2, 0) is 19.8 Å². The number of nitrogens with two attached hydrogens (primary N) is 1. The van der Waals surface area contributed by atoms with Gasteiger partial charge in [0.05, 0.1) is 56.8 Å². The number of likely N-dealkylation sites (tertiary alicyclic amines) is 2. The smallest absolute Gasteiger partial charge is 0.281 e. The number of nitrogens with one attached hydrogen (secondary N) is 1. The van der Waals surface area contributed by atoms with E-state index < -0.39 is 0 Å². The fourth-order valence-electron chi connectivity index (χ4n) is 9.83. The number of fused-ring (bicyclic) bond motifs is 7. The summed E-state index contributed by atoms with van der Waals surface area (Å²) in [6.07, 6.45) is 9.39. The quantitative estimate of drug-likeness (QED) is 0.131. The molecule has 0 radical (unpaired) electrons. The van der Waals surface area contributed by atoms with Crippen LogP contribution in [0.15, 0.2) is 75.4 Å². The number of carbonyl (C=O) groups is 3. The molecule has 1 spiro atoms. The summed E-state index contributed by atoms with van der Waals surface area (Å²) in [7, 11) is 0. The van der Waals surface area contributed by atoms with Gasteiger partial charge in [0, 0.05) is 24.0 Å². The van der Waals surface area contributed by atoms with Crippen molar-refractivity contribution in [1.29, 1.82) is 0 Å². The molecule has 3 fully saturated rings. The Kier molecular flexibility index (Phi) is 14.9. The number of amides is 3. The summed E-state index contributed by atoms with van der Waals surface area (Å²) in [5.41, 5.74) is 15.1. The zero-order valence-corrected chi connectivity index (χ0v) is 40.1. The molecule has 2 aromatic heterocycles. The molecule has 0 bridgehead atoms. The Morgan fingerprint density at radius 2 is 1.75 bits per heavy atom. The maximum Gasteiger partial charge on any atom is 0.281 e. The van der Waals surface area contributed by atoms with Gasteiger partial charge in [-0.25, -0.2) is 4.98 Å². The average molecular weight is 953 g/mol. The fourth-order valence-corrected chi connectivity index (χ4v) is 11.2. The van der Waals surface area contributed by atoms with Crippen molar-refractivity contribution in [2.45, 2.75) is 116 Å². The van der Waals surface area contributed by atoms with Crippen molar-refractivity contribution in [2.24, 2.45) is 11.1 Å². The third kappa shape index (κ3) is 10.5. The van der Waals surface area contributed by atoms with Gasteiger partial charge in [0.25, 0.3) is 5.56 Å². The second kappa shape index (κ2) is 20.2. The number of aliphatic hydroxyl groups excluding tert-OH is 1. The minimum absolute atomic E-state index is 0.0455. The van der Waals surface area contributed by atoms with E-state index in [2.05, 4.69) is 86.8 Å². The maximum atomic E-state index is 13.2. The zero-order chi connectivity index (χ0) is 45.8. The minimum atomic E-state index is -0.302. The average Bonchev–Trinajstić information content (AvgIpc) is 3.97. The number of hydrogen-bond donors (Lipinski definition) is 3. The van der Waals surface area contributed by atoms with Gasteiger partial charge in [0.2, 0.25) is 18.2 Å². The zero-order valence-electron chi connectivity index (χ0n) is 37.7. The Bertz CT molecular complexity index is 2520. The number of β-amino-alcohol motifs (C(OH)–C–C–N with tert-alkyl or cyclic N) is 1. The molecule has 2 saturated heterocycles. The number of benzene rings is 3. The van der Waals surface area contributed by atoms with E-state index in [0.717, 1.165) is 98.1 Å². The normalized spacial score (nSPS) is 18.6. The highest BCUT2D eigenvalue weighted by Gasteiger charge is 2.46. The molecule has 1 unspecified atom stereocenters. The van der Waals surface area contributed by atoms with Gasteiger partial charge in [0.15, 0.2) is 0 Å². The molecular weight excluding hydrogens is 891 g/mol. The molecule has 340 valence electrons. The summed E-state index contributed by atoms with van der Waals surface area (Å²) in [6.45, 7) is 13.5. The second-order valence-corrected chi connectivity index (χ2v) is 20.8. The van der Waals surface area contributed by atoms with Gasteiger partial charge in [-0.1, -0.05) is 82.5 Å². The summed E-state index contributed by atoms with van der Waals surface area (Å²) in [5.74, 6) is 1.28. The Labute approximate surface area is 388 Å². The number of aromatic nitrogens is 3. The van der Waals surface area contributed by atoms with Gasteiger partial charge in [-0.2, -0.15) is 4.98 Å². The lowest BCUT2D eigenvalue weighted by Crippen LogP contribution is -2.39. The van der Waals surface area contributed by atoms with Crippen molar-refractivity contribution in [1.82, 2.24) is 29.7 Å². The Morgan fingerprint density at radius 3 is 2.36 bits per heavy atom. The number of thiazole rings is 1. The summed E-state index contributed by atoms with van der Waals surface area (Å²) in [5, 5.41) is 12.6. The van der Waals surface area contributed by atoms with Crippen molar-refractivity contribution < 1.29 is 19.5 Å². The van der Waals surface area contributed by atoms with Crippen LogP contribution in [0.1, 0.15) is 126 Å². The Balaban J connectivity index is 0.000000170. The third-order valence-corrected chi connectivity index (χ3v) is 14.8. The van der Waals surface area contributed by atoms with Crippen molar-refractivity contribution in [2.75, 3.05) is 32.7 Å². The molecule has 4 N–H and O–H groups in total. The number of rotatable bonds is 8. The van der Waals surface area contributed by atoms with Crippen molar-refractivity contribution in [3.8, 4) is 16.1 Å². The lowest BCUT2D eigenvalue weighted by molar-refractivity contribution is -0.132. The number of hydrogen-bond acceptors (Lipinski definition) is 9. The predicted octanol–water partition coefficient (Wildman–Crippen LogP) is 8.32. The highest BCUT2D eigenvalue weighted by molar-refractivity contribution is 9.10. The number of halogens is 1. The first-order valence-corrected chi connectivity index (χ1v) is 24.3. The third-order valence-electron chi connectivity index (χ3n) is 13.2. The number of piperidine rings is 1. The summed E-state index contributed by atoms with van der Waals surface area (Å²) < 4.78 is 3.07. The molecule has 3 aromatic carbocycles. The van der Waals surface area contributed by atoms with Gasteiger partial charge < -0.3 is 21.1 Å². The van der Waals surface area contributed by atoms with E-state index in [-0.39, 0.29) is 40.3 Å². The molecule has 4 aliphatic rings. The van der Waals surface area contributed by atoms with E-state index in [4.69, 9.17) is 10.7 Å². The molecule has 9 rings (SSSR count). The fraction of sp³-hybridized carbons (Fsp3) is 0.480. The van der Waals surface area contributed by atoms with Crippen LogP contribution in [0, 0.1) is 12.3 Å². The Morgan fingerprint density at radius 1 is 1.03 bits per heavy atom. The summed E-state index contributed by atoms with van der Waals surface area (Å²) in [6, 6.07) is 21.2. The maximum absolute atomic E-state index is 13.2. The molecule has 64 heavy (non-hydrogen) atoms. The molecule has 3 amide bonds. The Hall–Kier alpha value is -4.76. The highest BCUT2D eigenvalue weighted by Crippen LogP contribution is 2.52. The van der Waals surface area contributed by atoms with E-state index in [1.54, 1.807) is 16.2 Å². The second-order valence-electron chi connectivity index (χ2n) is 19.1. The van der Waals surface area contributed by atoms with Crippen LogP contribution in [0.5, 0.6) is 0 Å². The van der Waals surface area contributed by atoms with Crippen LogP contribution < -0.4 is 16.6 Å². The number of aliphatic hydroxyl groups is 1. The first kappa shape index (κ1) is 47.2. The summed E-state index contributed by atoms with van der Waals surface area (Å²) in [4.78, 5) is 60.6. The molecule has 14 heteroatoms. The topological polar surface area (TPSA) is 164 Å². The van der Waals surface area contributed by atoms with Crippen molar-refractivity contribution in [3.05, 3.63) is 109 Å². The van der Waals surface area contributed by atoms with Gasteiger partial charge in [-0.05, 0) is 127 Å². The minimum Gasteiger partial charge on any atom is -0.391 e. The molecule has 2 atom stereocenters. The molecule has 12 nitrogen and oxygen atoms in total. The van der Waals surface area contributed by atoms with Crippen LogP contribution >= 0.6 is 27.3 Å². The monoisotopic (exact) mass is 951 g/mol. The van der Waals surface area contributed by atoms with Crippen molar-refractivity contribution >= 4 is 56.4 Å². The molecular formula is C50H62BrN7O5S. The van der Waals surface area contributed by atoms with Crippen molar-refractivity contribution in [3.63, 3.8) is 0 Å². The molecule has 1 saturated carbocycles. The van der Waals surface area contributed by atoms with Crippen LogP contribution in [0.25, 0.3) is 27.0 Å². The van der Waals surface area contributed by atoms with Gasteiger partial charge in [0.1, 0.15) is 5.82 Å². The van der Waals surface area contributed by atoms with Crippen LogP contribution in [-0.4, -0.2) is 86.5 Å². The van der Waals surface area contributed by atoms with Crippen LogP contribution in [0.3, 0.4) is 0 Å². The van der Waals surface area contributed by atoms with E-state index in [9.17, 15) is 24.3 Å². The first-order chi connectivity index (χ1) is 30.6. The largest absolute Gasteiger partial charge is 0.391 e. The molecule has 5 heterocycles. The summed E-state index contributed by atoms with van der Waals surface area (Å²) >= 11 is 5.24. The van der Waals surface area contributed by atoms with E-state index in [0.29, 0.717) is 30.8 Å². The van der Waals surface area contributed by atoms with E-state index in [1.807, 2.05) is 49.7 Å². The van der Waals surface area contributed by atoms with E-state index >= 15 is 0 Å². The number of nitrogens with zero attached hydrogens (tertiary/aromatic N) is 5. The van der Waals surface area contributed by atoms with Gasteiger partial charge >= 0.3 is 0 Å². The molecule has 3 aliphatic heterocycles. The van der Waals surface area contributed by atoms with Gasteiger partial charge in [-0.15, -0.1) is 11.3 Å². The highest BCUT2D eigenvalue weighted by atomic mass is 79.9. The lowest BCUT2D eigenvalue weighted by atomic mass is 9.69. The number of carbonyl (C=O) groups excluding carboxylic acids is 3. The first-order valence-electron chi connectivity index (χ1n) is 22.6. The standard InChI is InChI=1S/C27H29BrN4O2.C13H14N2OS.C10H19NO2/c28-20-5-4-6-21-24(20)25(34)30-26-27(11-2-1-3-12-27)19-8-7-18(15-22(19)32(21)26)17-9-13-31(14-10-17)16-23(29)33;1-9(14-7-16)11-3-5-12(6-4-11)13-10(2)15-8-17-13;1-10(2,3)6-9(13)11-5-4-8(12)7-11/h4-8,15,17H,1-3,9-14,16H2,(H2,29,33);3-9H,1-2H3,(H,14,16);8,12H,4-7H2,1-3H3/t;9-;/m.0./s1. The number of primary amides is 1. The van der Waals surface area contributed by atoms with Crippen LogP contribution in [0.2, 0.25) is 0 Å². The SMILES string of the molecule is CC(C)(C)CC(=O)N1CCC(O)C1.Cc1ncsc1-c1ccc([C@H](C)NC=O)cc1.NC(=O)CN1CCC(c2ccc3c(c2)-n2c(nc(=O)c4c(Br)cccc42)C32CCCCC2)CC1. The molecule has 1 aliphatic carbocycles. The molecule has 5 aromatic rings.